The average molecular weight is 641 g/mol. The molecule has 4 aromatic rings. The molecule has 0 saturated heterocycles. The molecule has 2 N–H and O–H groups in total. The molecular formula is C21H2F15N5S. The normalized spacial score (nSPS) is 11.3. The van der Waals surface area contributed by atoms with Gasteiger partial charge in [-0.3, -0.25) is 0 Å². The zero-order chi connectivity index (χ0) is 31.4. The van der Waals surface area contributed by atoms with E-state index in [-0.39, 0.29) is 0 Å². The maximum Gasteiger partial charge on any atom is 0.233 e. The van der Waals surface area contributed by atoms with E-state index in [0.717, 1.165) is 0 Å². The highest BCUT2D eigenvalue weighted by Crippen LogP contribution is 2.36. The Balaban J connectivity index is 1.90. The average Bonchev–Trinajstić information content (AvgIpc) is 2.97. The summed E-state index contributed by atoms with van der Waals surface area (Å²) in [5.41, 5.74) is -3.79. The Bertz CT molecular complexity index is 1480. The highest BCUT2D eigenvalue weighted by molar-refractivity contribution is 7.99. The molecule has 0 amide bonds. The molecule has 0 aliphatic heterocycles. The number of nitrogens with one attached hydrogen (secondary N) is 2. The van der Waals surface area contributed by atoms with Crippen molar-refractivity contribution in [3.63, 3.8) is 0 Å². The molecule has 0 bridgehead atoms. The van der Waals surface area contributed by atoms with Crippen LogP contribution in [0.4, 0.5) is 89.1 Å². The number of benzene rings is 3. The maximum absolute atomic E-state index is 14.2. The van der Waals surface area contributed by atoms with Gasteiger partial charge in [0.1, 0.15) is 11.4 Å². The lowest BCUT2D eigenvalue weighted by atomic mass is 10.2. The summed E-state index contributed by atoms with van der Waals surface area (Å²) in [5, 5.41) is 1.55. The van der Waals surface area contributed by atoms with E-state index >= 15 is 0 Å². The van der Waals surface area contributed by atoms with Crippen LogP contribution in [0.3, 0.4) is 0 Å². The second-order valence-corrected chi connectivity index (χ2v) is 8.38. The third-order valence-electron chi connectivity index (χ3n) is 4.87. The van der Waals surface area contributed by atoms with Crippen LogP contribution in [0.15, 0.2) is 10.1 Å². The molecule has 1 heterocycles. The van der Waals surface area contributed by atoms with Gasteiger partial charge in [-0.05, 0) is 11.8 Å². The molecule has 222 valence electrons. The van der Waals surface area contributed by atoms with Crippen LogP contribution >= 0.6 is 11.8 Å². The lowest BCUT2D eigenvalue weighted by Gasteiger charge is -2.14. The first-order chi connectivity index (χ1) is 19.6. The highest BCUT2D eigenvalue weighted by atomic mass is 32.2. The van der Waals surface area contributed by atoms with Crippen molar-refractivity contribution in [2.45, 2.75) is 10.1 Å². The van der Waals surface area contributed by atoms with Crippen LogP contribution < -0.4 is 10.6 Å². The molecule has 0 aliphatic carbocycles. The highest BCUT2D eigenvalue weighted by Gasteiger charge is 2.30. The van der Waals surface area contributed by atoms with E-state index in [2.05, 4.69) is 15.0 Å². The molecule has 5 nitrogen and oxygen atoms in total. The Morgan fingerprint density at radius 2 is 0.595 bits per heavy atom. The zero-order valence-corrected chi connectivity index (χ0v) is 19.7. The summed E-state index contributed by atoms with van der Waals surface area (Å²) in [6.07, 6.45) is 0. The van der Waals surface area contributed by atoms with Gasteiger partial charge in [-0.2, -0.15) is 15.0 Å². The Morgan fingerprint density at radius 3 is 0.905 bits per heavy atom. The Morgan fingerprint density at radius 1 is 0.333 bits per heavy atom. The second kappa shape index (κ2) is 11.1. The van der Waals surface area contributed by atoms with E-state index < -0.39 is 132 Å². The predicted molar refractivity (Wildman–Crippen MR) is 109 cm³/mol. The van der Waals surface area contributed by atoms with Crippen LogP contribution in [0.2, 0.25) is 0 Å². The number of anilines is 4. The van der Waals surface area contributed by atoms with Gasteiger partial charge in [-0.1, -0.05) is 0 Å². The number of hydrogen-bond acceptors (Lipinski definition) is 6. The van der Waals surface area contributed by atoms with Crippen molar-refractivity contribution in [3.05, 3.63) is 87.3 Å². The zero-order valence-electron chi connectivity index (χ0n) is 18.9. The minimum absolute atomic E-state index is 0.569. The fourth-order valence-electron chi connectivity index (χ4n) is 2.93. The van der Waals surface area contributed by atoms with Crippen LogP contribution in [0.5, 0.6) is 0 Å². The topological polar surface area (TPSA) is 62.7 Å². The van der Waals surface area contributed by atoms with Crippen LogP contribution in [-0.2, 0) is 0 Å². The van der Waals surface area contributed by atoms with E-state index in [0.29, 0.717) is 0 Å². The van der Waals surface area contributed by atoms with Gasteiger partial charge in [-0.15, -0.1) is 0 Å². The molecule has 0 fully saturated rings. The monoisotopic (exact) mass is 641 g/mol. The van der Waals surface area contributed by atoms with Crippen molar-refractivity contribution in [1.82, 2.24) is 15.0 Å². The smallest absolute Gasteiger partial charge is 0.233 e. The molecule has 21 heteroatoms. The fourth-order valence-corrected chi connectivity index (χ4v) is 3.74. The van der Waals surface area contributed by atoms with E-state index in [1.165, 1.54) is 10.6 Å². The largest absolute Gasteiger partial charge is 0.319 e. The minimum Gasteiger partial charge on any atom is -0.319 e. The summed E-state index contributed by atoms with van der Waals surface area (Å²) in [4.78, 5) is 7.92. The van der Waals surface area contributed by atoms with Gasteiger partial charge in [0.15, 0.2) is 75.0 Å². The molecule has 42 heavy (non-hydrogen) atoms. The summed E-state index contributed by atoms with van der Waals surface area (Å²) >= 11 is -0.569. The molecule has 0 unspecified atom stereocenters. The quantitative estimate of drug-likeness (QED) is 0.129. The molecule has 0 atom stereocenters. The molecular weight excluding hydrogens is 639 g/mol. The van der Waals surface area contributed by atoms with Crippen LogP contribution in [0.1, 0.15) is 0 Å². The minimum atomic E-state index is -2.62. The van der Waals surface area contributed by atoms with Crippen LogP contribution in [0.25, 0.3) is 0 Å². The van der Waals surface area contributed by atoms with Gasteiger partial charge in [0, 0.05) is 0 Å². The van der Waals surface area contributed by atoms with Crippen LogP contribution in [-0.4, -0.2) is 15.0 Å². The van der Waals surface area contributed by atoms with Crippen molar-refractivity contribution < 1.29 is 65.9 Å². The number of hydrogen-bond donors (Lipinski definition) is 2. The Labute approximate surface area is 224 Å². The summed E-state index contributed by atoms with van der Waals surface area (Å²) in [6, 6.07) is 0. The van der Waals surface area contributed by atoms with Gasteiger partial charge in [0.2, 0.25) is 29.3 Å². The summed E-state index contributed by atoms with van der Waals surface area (Å²) in [6.45, 7) is 0. The first-order valence-corrected chi connectivity index (χ1v) is 10.9. The molecule has 0 saturated carbocycles. The molecule has 0 radical (unpaired) electrons. The first-order valence-electron chi connectivity index (χ1n) is 10.1. The van der Waals surface area contributed by atoms with Crippen LogP contribution in [0, 0.1) is 87.3 Å². The number of nitrogens with zero attached hydrogens (tertiary/aromatic N) is 3. The van der Waals surface area contributed by atoms with Gasteiger partial charge >= 0.3 is 0 Å². The van der Waals surface area contributed by atoms with Crippen molar-refractivity contribution in [1.29, 1.82) is 0 Å². The van der Waals surface area contributed by atoms with Crippen molar-refractivity contribution in [2.75, 3.05) is 10.6 Å². The van der Waals surface area contributed by atoms with Gasteiger partial charge < -0.3 is 10.6 Å². The third kappa shape index (κ3) is 5.07. The number of rotatable bonds is 6. The summed E-state index contributed by atoms with van der Waals surface area (Å²) in [5.74, 6) is -40.8. The Hall–Kier alpha value is -4.43. The van der Waals surface area contributed by atoms with E-state index in [9.17, 15) is 65.9 Å². The van der Waals surface area contributed by atoms with Crippen molar-refractivity contribution in [3.8, 4) is 0 Å². The second-order valence-electron chi connectivity index (χ2n) is 7.41. The maximum atomic E-state index is 14.2. The summed E-state index contributed by atoms with van der Waals surface area (Å²) in [7, 11) is 0. The van der Waals surface area contributed by atoms with E-state index in [1.807, 2.05) is 0 Å². The van der Waals surface area contributed by atoms with Crippen molar-refractivity contribution >= 4 is 35.0 Å². The molecule has 4 rings (SSSR count). The SMILES string of the molecule is Fc1c(F)c(F)c(Nc2nc(Nc3c(F)c(F)c(F)c(F)c3F)nc(Sc3c(F)c(F)c(F)c(F)c3F)n2)c(F)c1F. The van der Waals surface area contributed by atoms with Crippen molar-refractivity contribution in [2.24, 2.45) is 0 Å². The van der Waals surface area contributed by atoms with Gasteiger partial charge in [0.25, 0.3) is 0 Å². The number of halogens is 15. The molecule has 0 spiro atoms. The third-order valence-corrected chi connectivity index (χ3v) is 5.80. The summed E-state index contributed by atoms with van der Waals surface area (Å²) < 4.78 is 207. The molecule has 3 aromatic carbocycles. The lowest BCUT2D eigenvalue weighted by Crippen LogP contribution is -2.12. The van der Waals surface area contributed by atoms with E-state index in [1.54, 1.807) is 0 Å². The number of aromatic nitrogens is 3. The lowest BCUT2D eigenvalue weighted by molar-refractivity contribution is 0.360. The standard InChI is InChI=1S/C21H2F15N5S/c22-1-4(25)10(31)16(11(32)5(1)26)37-19-39-20(38-17-12(33)6(27)2(23)7(28)13(17)34)41-21(40-19)42-18-14(35)8(29)3(24)9(30)15(18)36/h(H2,37,38,39,40,41). The fraction of sp³-hybridized carbons (Fsp3) is 0. The van der Waals surface area contributed by atoms with E-state index in [4.69, 9.17) is 0 Å². The molecule has 1 aromatic heterocycles. The predicted octanol–water partition coefficient (Wildman–Crippen LogP) is 7.60. The van der Waals surface area contributed by atoms with Gasteiger partial charge in [-0.25, -0.2) is 65.9 Å². The Kier molecular flexibility index (Phi) is 8.07. The first kappa shape index (κ1) is 30.5. The molecule has 0 aliphatic rings. The van der Waals surface area contributed by atoms with Gasteiger partial charge in [0.05, 0.1) is 4.90 Å².